The molecule has 0 saturated carbocycles. The first-order valence-electron chi connectivity index (χ1n) is 37.1. The molecular weight excluding hydrogens is 1410 g/mol. The van der Waals surface area contributed by atoms with E-state index in [9.17, 15) is 58.8 Å². The third-order valence-electron chi connectivity index (χ3n) is 16.2. The van der Waals surface area contributed by atoms with E-state index in [0.717, 1.165) is 11.1 Å². The van der Waals surface area contributed by atoms with E-state index in [-0.39, 0.29) is 128 Å². The fourth-order valence-corrected chi connectivity index (χ4v) is 11.5. The molecule has 32 heteroatoms. The van der Waals surface area contributed by atoms with E-state index < -0.39 is 52.3 Å². The summed E-state index contributed by atoms with van der Waals surface area (Å²) >= 11 is 0. The number of benzene rings is 2. The Labute approximate surface area is 639 Å². The van der Waals surface area contributed by atoms with Crippen LogP contribution < -0.4 is 9.47 Å². The van der Waals surface area contributed by atoms with Crippen molar-refractivity contribution in [3.05, 3.63) is 59.7 Å². The number of carboxylic acids is 4. The Morgan fingerprint density at radius 1 is 0.315 bits per heavy atom. The molecule has 2 atom stereocenters. The van der Waals surface area contributed by atoms with Crippen molar-refractivity contribution in [1.82, 2.24) is 39.2 Å². The molecule has 616 valence electrons. The van der Waals surface area contributed by atoms with Gasteiger partial charge in [0.2, 0.25) is 0 Å². The number of rotatable bonds is 40. The van der Waals surface area contributed by atoms with E-state index >= 15 is 0 Å². The number of ether oxygens (including phenoxy) is 12. The van der Waals surface area contributed by atoms with Crippen molar-refractivity contribution < 1.29 is 116 Å². The summed E-state index contributed by atoms with van der Waals surface area (Å²) in [7, 11) is 3.24. The lowest BCUT2D eigenvalue weighted by atomic mass is 10.0. The highest BCUT2D eigenvalue weighted by Gasteiger charge is 2.33. The molecule has 0 spiro atoms. The van der Waals surface area contributed by atoms with Crippen LogP contribution in [0.4, 0.5) is 0 Å². The number of hydrogen-bond acceptors (Lipinski definition) is 28. The minimum absolute atomic E-state index is 0.00672. The Kier molecular flexibility index (Phi) is 45.0. The summed E-state index contributed by atoms with van der Waals surface area (Å²) in [5, 5.41) is 38.2. The lowest BCUT2D eigenvalue weighted by Gasteiger charge is -2.39. The molecule has 2 aromatic rings. The van der Waals surface area contributed by atoms with Crippen LogP contribution in [0.25, 0.3) is 0 Å². The molecule has 0 aromatic heterocycles. The molecule has 32 nitrogen and oxygen atoms in total. The van der Waals surface area contributed by atoms with E-state index in [1.165, 1.54) is 0 Å². The van der Waals surface area contributed by atoms with Gasteiger partial charge in [0.05, 0.1) is 118 Å². The SMILES string of the molecule is COCCOCCOCCOc1ccc(C[C@H]2CN(CC(=O)O)CCN(CC(=O)O)CCN(CC(=O)O)CCN2CC(=O)O)cc1.COCCOCCOCCOc1ccc(C[C@H]2CN(CC(=O)OC(C)(C)C)CCN(CC(=O)OC(C)(C)C)CCN(CC(=O)OC(C)(C)C)CCN2CC(=O)OC(C)(C)C)cc1. The highest BCUT2D eigenvalue weighted by Crippen LogP contribution is 2.22. The maximum atomic E-state index is 13.6. The first-order chi connectivity index (χ1) is 50.8. The quantitative estimate of drug-likeness (QED) is 0.0421. The van der Waals surface area contributed by atoms with Crippen LogP contribution in [0.5, 0.6) is 11.5 Å². The third-order valence-corrected chi connectivity index (χ3v) is 16.2. The molecule has 2 aromatic carbocycles. The van der Waals surface area contributed by atoms with Crippen LogP contribution in [0.1, 0.15) is 94.2 Å². The van der Waals surface area contributed by atoms with Crippen molar-refractivity contribution in [2.75, 3.05) is 237 Å². The Bertz CT molecular complexity index is 2920. The van der Waals surface area contributed by atoms with Crippen LogP contribution in [0, 0.1) is 0 Å². The predicted octanol–water partition coefficient (Wildman–Crippen LogP) is 3.46. The first-order valence-corrected chi connectivity index (χ1v) is 37.1. The predicted molar refractivity (Wildman–Crippen MR) is 402 cm³/mol. The molecule has 4 N–H and O–H groups in total. The Morgan fingerprint density at radius 3 is 0.861 bits per heavy atom. The number of carbonyl (C=O) groups excluding carboxylic acids is 4. The van der Waals surface area contributed by atoms with Gasteiger partial charge < -0.3 is 77.3 Å². The molecule has 4 rings (SSSR count). The summed E-state index contributed by atoms with van der Waals surface area (Å²) in [6.07, 6.45) is 0.890. The highest BCUT2D eigenvalue weighted by molar-refractivity contribution is 5.74. The third kappa shape index (κ3) is 48.0. The molecular formula is C76H128N8O24. The number of esters is 4. The minimum Gasteiger partial charge on any atom is -0.491 e. The monoisotopic (exact) mass is 1540 g/mol. The largest absolute Gasteiger partial charge is 0.491 e. The van der Waals surface area contributed by atoms with Crippen molar-refractivity contribution >= 4 is 47.8 Å². The van der Waals surface area contributed by atoms with Gasteiger partial charge in [-0.1, -0.05) is 24.3 Å². The number of carboxylic acid groups (broad SMARTS) is 4. The summed E-state index contributed by atoms with van der Waals surface area (Å²) in [6.45, 7) is 30.6. The summed E-state index contributed by atoms with van der Waals surface area (Å²) in [5.74, 6) is -4.41. The smallest absolute Gasteiger partial charge is 0.320 e. The number of carbonyl (C=O) groups is 8. The fourth-order valence-electron chi connectivity index (χ4n) is 11.5. The van der Waals surface area contributed by atoms with E-state index in [2.05, 4.69) is 4.90 Å². The lowest BCUT2D eigenvalue weighted by Crippen LogP contribution is -2.54. The molecule has 2 fully saturated rings. The molecule has 0 bridgehead atoms. The fraction of sp³-hybridized carbons (Fsp3) is 0.737. The van der Waals surface area contributed by atoms with Gasteiger partial charge in [-0.05, 0) is 131 Å². The van der Waals surface area contributed by atoms with Crippen LogP contribution in [0.3, 0.4) is 0 Å². The molecule has 2 aliphatic rings. The average Bonchev–Trinajstić information content (AvgIpc) is 0.851. The van der Waals surface area contributed by atoms with Crippen LogP contribution in [-0.4, -0.2) is 379 Å². The summed E-state index contributed by atoms with van der Waals surface area (Å²) < 4.78 is 66.6. The van der Waals surface area contributed by atoms with Crippen molar-refractivity contribution in [3.8, 4) is 11.5 Å². The van der Waals surface area contributed by atoms with Crippen LogP contribution in [-0.2, 0) is 98.6 Å². The van der Waals surface area contributed by atoms with Crippen LogP contribution in [0.15, 0.2) is 48.5 Å². The van der Waals surface area contributed by atoms with Crippen LogP contribution >= 0.6 is 0 Å². The molecule has 0 aliphatic carbocycles. The molecule has 108 heavy (non-hydrogen) atoms. The van der Waals surface area contributed by atoms with Gasteiger partial charge in [-0.3, -0.25) is 77.6 Å². The Morgan fingerprint density at radius 2 is 0.556 bits per heavy atom. The number of hydrogen-bond donors (Lipinski definition) is 4. The number of aliphatic carboxylic acids is 4. The van der Waals surface area contributed by atoms with Crippen molar-refractivity contribution in [2.24, 2.45) is 0 Å². The van der Waals surface area contributed by atoms with Gasteiger partial charge in [0.1, 0.15) is 47.1 Å². The standard InChI is InChI=1S/C46H80N4O12.C30H48N4O12/c1-43(2,3)59-39(51)32-47-18-19-48(33-40(52)60-44(4,5)6)22-23-50(35-42(54)62-46(10,11)12)37(31-49(21-20-47)34-41(53)61-45(7,8)9)30-36-14-16-38(17-15-36)58-29-28-57-27-26-56-25-24-55-13;1-43-12-13-44-14-15-45-16-17-46-26-4-2-24(3-5-26)18-25-19-33(22-29(39)40)9-8-31(20-27(35)36)6-7-32(21-28(37)38)10-11-34(25)23-30(41)42/h14-17,37H,18-35H2,1-13H3;2-5,25H,6-23H2,1H3,(H,35,36)(H,37,38)(H,39,40)(H,41,42)/t37-;25-/m00/s1. The maximum absolute atomic E-state index is 13.6. The molecule has 2 heterocycles. The second kappa shape index (κ2) is 50.9. The van der Waals surface area contributed by atoms with E-state index in [4.69, 9.17) is 56.8 Å². The Hall–Kier alpha value is -6.76. The summed E-state index contributed by atoms with van der Waals surface area (Å²) in [4.78, 5) is 115. The van der Waals surface area contributed by atoms with Gasteiger partial charge in [0, 0.05) is 118 Å². The first kappa shape index (κ1) is 95.4. The molecule has 2 aliphatic heterocycles. The van der Waals surface area contributed by atoms with Crippen LogP contribution in [0.2, 0.25) is 0 Å². The van der Waals surface area contributed by atoms with Gasteiger partial charge >= 0.3 is 47.8 Å². The maximum Gasteiger partial charge on any atom is 0.320 e. The van der Waals surface area contributed by atoms with Crippen molar-refractivity contribution in [3.63, 3.8) is 0 Å². The summed E-state index contributed by atoms with van der Waals surface area (Å²) in [6, 6.07) is 14.4. The topological polar surface area (TPSA) is 354 Å². The van der Waals surface area contributed by atoms with E-state index in [1.807, 2.05) is 134 Å². The average molecular weight is 1540 g/mol. The zero-order valence-corrected chi connectivity index (χ0v) is 66.8. The Balaban J connectivity index is 0.000000585. The highest BCUT2D eigenvalue weighted by atomic mass is 16.6. The van der Waals surface area contributed by atoms with Gasteiger partial charge in [-0.25, -0.2) is 0 Å². The van der Waals surface area contributed by atoms with E-state index in [1.54, 1.807) is 46.0 Å². The normalized spacial score (nSPS) is 17.6. The molecule has 0 unspecified atom stereocenters. The summed E-state index contributed by atoms with van der Waals surface area (Å²) in [5.41, 5.74) is -0.886. The van der Waals surface area contributed by atoms with Crippen molar-refractivity contribution in [2.45, 2.75) is 130 Å². The second-order valence-electron chi connectivity index (χ2n) is 30.6. The van der Waals surface area contributed by atoms with Crippen molar-refractivity contribution in [1.29, 1.82) is 0 Å². The molecule has 2 saturated heterocycles. The van der Waals surface area contributed by atoms with Gasteiger partial charge in [-0.15, -0.1) is 0 Å². The number of methoxy groups -OCH3 is 2. The molecule has 0 amide bonds. The number of nitrogens with zero attached hydrogens (tertiary/aromatic N) is 8. The molecule has 0 radical (unpaired) electrons. The lowest BCUT2D eigenvalue weighted by molar-refractivity contribution is -0.160. The van der Waals surface area contributed by atoms with E-state index in [0.29, 0.717) is 149 Å². The van der Waals surface area contributed by atoms with Gasteiger partial charge in [-0.2, -0.15) is 0 Å². The second-order valence-corrected chi connectivity index (χ2v) is 30.6. The minimum atomic E-state index is -1.06. The van der Waals surface area contributed by atoms with Gasteiger partial charge in [0.25, 0.3) is 0 Å². The zero-order chi connectivity index (χ0) is 80.3. The zero-order valence-electron chi connectivity index (χ0n) is 66.8. The van der Waals surface area contributed by atoms with Gasteiger partial charge in [0.15, 0.2) is 0 Å².